The minimum atomic E-state index is 0.155. The van der Waals surface area contributed by atoms with Crippen LogP contribution >= 0.6 is 0 Å². The largest absolute Gasteiger partial charge is 0.316 e. The van der Waals surface area contributed by atoms with E-state index in [0.717, 1.165) is 5.92 Å². The Balaban J connectivity index is 3.50. The van der Waals surface area contributed by atoms with Gasteiger partial charge < -0.3 is 11.1 Å². The lowest BCUT2D eigenvalue weighted by Gasteiger charge is -2.20. The summed E-state index contributed by atoms with van der Waals surface area (Å²) in [5.41, 5.74) is 5.75. The smallest absolute Gasteiger partial charge is 0.0570 e. The molecule has 10 heavy (non-hydrogen) atoms. The van der Waals surface area contributed by atoms with Gasteiger partial charge in [-0.3, -0.25) is 0 Å². The molecule has 0 saturated carbocycles. The number of hydrogen-bond donors (Lipinski definition) is 2. The Labute approximate surface area is 64.2 Å². The van der Waals surface area contributed by atoms with Gasteiger partial charge in [0.2, 0.25) is 0 Å². The van der Waals surface area contributed by atoms with E-state index >= 15 is 0 Å². The Morgan fingerprint density at radius 3 is 2.10 bits per heavy atom. The van der Waals surface area contributed by atoms with E-state index in [4.69, 9.17) is 5.73 Å². The first-order valence-electron chi connectivity index (χ1n) is 4.00. The van der Waals surface area contributed by atoms with Crippen molar-refractivity contribution in [3.8, 4) is 0 Å². The summed E-state index contributed by atoms with van der Waals surface area (Å²) in [6, 6.07) is 0. The second-order valence-electron chi connectivity index (χ2n) is 3.42. The molecule has 2 heteroatoms. The molecule has 62 valence electrons. The summed E-state index contributed by atoms with van der Waals surface area (Å²) in [5, 5.41) is 3.05. The van der Waals surface area contributed by atoms with E-state index in [1.807, 2.05) is 7.05 Å². The maximum absolute atomic E-state index is 5.75. The summed E-state index contributed by atoms with van der Waals surface area (Å²) in [4.78, 5) is 0. The molecule has 0 aliphatic rings. The minimum absolute atomic E-state index is 0.155. The minimum Gasteiger partial charge on any atom is -0.316 e. The van der Waals surface area contributed by atoms with Crippen LogP contribution in [0.3, 0.4) is 0 Å². The molecule has 0 spiro atoms. The summed E-state index contributed by atoms with van der Waals surface area (Å²) < 4.78 is 0. The molecular weight excluding hydrogens is 124 g/mol. The fourth-order valence-corrected chi connectivity index (χ4v) is 1.17. The van der Waals surface area contributed by atoms with Gasteiger partial charge in [0.05, 0.1) is 6.17 Å². The summed E-state index contributed by atoms with van der Waals surface area (Å²) >= 11 is 0. The average molecular weight is 144 g/mol. The fourth-order valence-electron chi connectivity index (χ4n) is 1.17. The van der Waals surface area contributed by atoms with Crippen LogP contribution in [-0.2, 0) is 0 Å². The number of nitrogens with two attached hydrogens (primary N) is 1. The average Bonchev–Trinajstić information content (AvgIpc) is 1.85. The quantitative estimate of drug-likeness (QED) is 0.581. The molecule has 0 aliphatic carbocycles. The third kappa shape index (κ3) is 3.85. The molecule has 0 heterocycles. The molecule has 0 saturated heterocycles. The first-order chi connectivity index (χ1) is 4.57. The van der Waals surface area contributed by atoms with Gasteiger partial charge in [-0.2, -0.15) is 0 Å². The van der Waals surface area contributed by atoms with Crippen molar-refractivity contribution in [2.75, 3.05) is 7.05 Å². The van der Waals surface area contributed by atoms with Gasteiger partial charge in [-0.1, -0.05) is 20.8 Å². The van der Waals surface area contributed by atoms with Crippen molar-refractivity contribution in [1.29, 1.82) is 0 Å². The zero-order valence-electron chi connectivity index (χ0n) is 7.52. The lowest BCUT2D eigenvalue weighted by Crippen LogP contribution is -2.40. The molecular formula is C8H20N2. The van der Waals surface area contributed by atoms with Crippen molar-refractivity contribution in [1.82, 2.24) is 5.32 Å². The highest BCUT2D eigenvalue weighted by molar-refractivity contribution is 4.65. The third-order valence-electron chi connectivity index (χ3n) is 1.79. The molecule has 2 atom stereocenters. The van der Waals surface area contributed by atoms with E-state index in [1.54, 1.807) is 0 Å². The molecule has 0 aromatic carbocycles. The van der Waals surface area contributed by atoms with Gasteiger partial charge in [0, 0.05) is 0 Å². The lowest BCUT2D eigenvalue weighted by atomic mass is 9.97. The SMILES string of the molecule is CNC(N)C(C)CC(C)C. The molecule has 0 amide bonds. The Morgan fingerprint density at radius 1 is 1.30 bits per heavy atom. The Bertz CT molecular complexity index is 81.3. The van der Waals surface area contributed by atoms with Crippen LogP contribution in [0.25, 0.3) is 0 Å². The van der Waals surface area contributed by atoms with E-state index in [1.165, 1.54) is 6.42 Å². The van der Waals surface area contributed by atoms with E-state index in [0.29, 0.717) is 5.92 Å². The predicted octanol–water partition coefficient (Wildman–Crippen LogP) is 1.17. The highest BCUT2D eigenvalue weighted by atomic mass is 15.0. The molecule has 0 radical (unpaired) electrons. The predicted molar refractivity (Wildman–Crippen MR) is 45.7 cm³/mol. The molecule has 3 N–H and O–H groups in total. The summed E-state index contributed by atoms with van der Waals surface area (Å²) in [7, 11) is 1.90. The molecule has 0 rings (SSSR count). The van der Waals surface area contributed by atoms with Gasteiger partial charge >= 0.3 is 0 Å². The van der Waals surface area contributed by atoms with Crippen molar-refractivity contribution in [2.45, 2.75) is 33.4 Å². The van der Waals surface area contributed by atoms with Crippen LogP contribution in [0.2, 0.25) is 0 Å². The van der Waals surface area contributed by atoms with Gasteiger partial charge in [0.25, 0.3) is 0 Å². The Hall–Kier alpha value is -0.0800. The number of nitrogens with one attached hydrogen (secondary N) is 1. The van der Waals surface area contributed by atoms with Crippen LogP contribution in [0.5, 0.6) is 0 Å². The van der Waals surface area contributed by atoms with Crippen LogP contribution < -0.4 is 11.1 Å². The molecule has 0 bridgehead atoms. The van der Waals surface area contributed by atoms with Crippen LogP contribution in [0.15, 0.2) is 0 Å². The van der Waals surface area contributed by atoms with Crippen LogP contribution in [0.4, 0.5) is 0 Å². The van der Waals surface area contributed by atoms with Gasteiger partial charge in [-0.25, -0.2) is 0 Å². The van der Waals surface area contributed by atoms with Crippen molar-refractivity contribution >= 4 is 0 Å². The van der Waals surface area contributed by atoms with Gasteiger partial charge in [0.1, 0.15) is 0 Å². The fraction of sp³-hybridized carbons (Fsp3) is 1.00. The van der Waals surface area contributed by atoms with Crippen LogP contribution in [-0.4, -0.2) is 13.2 Å². The van der Waals surface area contributed by atoms with Crippen LogP contribution in [0.1, 0.15) is 27.2 Å². The first-order valence-corrected chi connectivity index (χ1v) is 4.00. The van der Waals surface area contributed by atoms with Crippen molar-refractivity contribution in [3.05, 3.63) is 0 Å². The second kappa shape index (κ2) is 4.69. The van der Waals surface area contributed by atoms with E-state index in [2.05, 4.69) is 26.1 Å². The zero-order chi connectivity index (χ0) is 8.15. The van der Waals surface area contributed by atoms with Gasteiger partial charge in [-0.15, -0.1) is 0 Å². The normalized spacial score (nSPS) is 17.4. The number of hydrogen-bond acceptors (Lipinski definition) is 2. The maximum atomic E-state index is 5.75. The van der Waals surface area contributed by atoms with E-state index in [-0.39, 0.29) is 6.17 Å². The maximum Gasteiger partial charge on any atom is 0.0570 e. The summed E-state index contributed by atoms with van der Waals surface area (Å²) in [5.74, 6) is 1.32. The standard InChI is InChI=1S/C8H20N2/c1-6(2)5-7(3)8(9)10-4/h6-8,10H,5,9H2,1-4H3. The highest BCUT2D eigenvalue weighted by Gasteiger charge is 2.11. The van der Waals surface area contributed by atoms with Crippen molar-refractivity contribution in [2.24, 2.45) is 17.6 Å². The lowest BCUT2D eigenvalue weighted by molar-refractivity contribution is 0.343. The zero-order valence-corrected chi connectivity index (χ0v) is 7.52. The monoisotopic (exact) mass is 144 g/mol. The van der Waals surface area contributed by atoms with E-state index in [9.17, 15) is 0 Å². The van der Waals surface area contributed by atoms with Crippen molar-refractivity contribution in [3.63, 3.8) is 0 Å². The van der Waals surface area contributed by atoms with Crippen molar-refractivity contribution < 1.29 is 0 Å². The Morgan fingerprint density at radius 2 is 1.80 bits per heavy atom. The first kappa shape index (κ1) is 9.92. The molecule has 2 unspecified atom stereocenters. The Kier molecular flexibility index (Phi) is 4.65. The third-order valence-corrected chi connectivity index (χ3v) is 1.79. The van der Waals surface area contributed by atoms with E-state index < -0.39 is 0 Å². The highest BCUT2D eigenvalue weighted by Crippen LogP contribution is 2.11. The van der Waals surface area contributed by atoms with Gasteiger partial charge in [0.15, 0.2) is 0 Å². The number of rotatable bonds is 4. The summed E-state index contributed by atoms with van der Waals surface area (Å²) in [6.45, 7) is 6.62. The second-order valence-corrected chi connectivity index (χ2v) is 3.42. The molecule has 0 fully saturated rings. The molecule has 2 nitrogen and oxygen atoms in total. The summed E-state index contributed by atoms with van der Waals surface area (Å²) in [6.07, 6.45) is 1.35. The topological polar surface area (TPSA) is 38.0 Å². The molecule has 0 aliphatic heterocycles. The van der Waals surface area contributed by atoms with Crippen LogP contribution in [0, 0.1) is 11.8 Å². The van der Waals surface area contributed by atoms with Gasteiger partial charge in [-0.05, 0) is 25.3 Å². The molecule has 0 aromatic heterocycles. The molecule has 0 aromatic rings.